The van der Waals surface area contributed by atoms with E-state index >= 15 is 0 Å². The lowest BCUT2D eigenvalue weighted by atomic mass is 10.1. The molecule has 0 aliphatic carbocycles. The first-order chi connectivity index (χ1) is 9.06. The second-order valence-corrected chi connectivity index (χ2v) is 5.35. The van der Waals surface area contributed by atoms with E-state index in [2.05, 4.69) is 19.1 Å². The third kappa shape index (κ3) is 3.78. The zero-order valence-corrected chi connectivity index (χ0v) is 11.7. The van der Waals surface area contributed by atoms with E-state index in [4.69, 9.17) is 0 Å². The zero-order valence-electron chi connectivity index (χ0n) is 11.7. The normalized spacial score (nSPS) is 19.6. The standard InChI is InChI=1S/C15H22N2O2/c1-12-5-3-4-6-13(12)9-16(2)15(19)11-17-8-7-14(18)10-17/h3-6,14,18H,7-11H2,1-2H3. The lowest BCUT2D eigenvalue weighted by Gasteiger charge is -2.22. The summed E-state index contributed by atoms with van der Waals surface area (Å²) >= 11 is 0. The minimum Gasteiger partial charge on any atom is -0.392 e. The van der Waals surface area contributed by atoms with Gasteiger partial charge in [0, 0.05) is 26.7 Å². The van der Waals surface area contributed by atoms with E-state index in [0.717, 1.165) is 13.0 Å². The summed E-state index contributed by atoms with van der Waals surface area (Å²) < 4.78 is 0. The second kappa shape index (κ2) is 6.17. The number of carbonyl (C=O) groups excluding carboxylic acids is 1. The number of carbonyl (C=O) groups is 1. The molecule has 1 aliphatic heterocycles. The summed E-state index contributed by atoms with van der Waals surface area (Å²) in [6.45, 7) is 4.53. The van der Waals surface area contributed by atoms with Crippen molar-refractivity contribution in [3.8, 4) is 0 Å². The predicted octanol–water partition coefficient (Wildman–Crippen LogP) is 1.02. The molecular formula is C15H22N2O2. The summed E-state index contributed by atoms with van der Waals surface area (Å²) in [6.07, 6.45) is 0.504. The molecule has 104 valence electrons. The van der Waals surface area contributed by atoms with Crippen LogP contribution in [0.1, 0.15) is 17.5 Å². The van der Waals surface area contributed by atoms with Crippen LogP contribution in [-0.4, -0.2) is 53.6 Å². The average molecular weight is 262 g/mol. The lowest BCUT2D eigenvalue weighted by molar-refractivity contribution is -0.131. The number of hydrogen-bond acceptors (Lipinski definition) is 3. The number of hydrogen-bond donors (Lipinski definition) is 1. The molecule has 1 aromatic carbocycles. The molecule has 1 saturated heterocycles. The Hall–Kier alpha value is -1.39. The molecule has 4 heteroatoms. The van der Waals surface area contributed by atoms with Crippen molar-refractivity contribution in [3.63, 3.8) is 0 Å². The summed E-state index contributed by atoms with van der Waals surface area (Å²) in [5, 5.41) is 9.46. The Labute approximate surface area is 114 Å². The number of aryl methyl sites for hydroxylation is 1. The van der Waals surface area contributed by atoms with Gasteiger partial charge in [-0.3, -0.25) is 9.69 Å². The van der Waals surface area contributed by atoms with Crippen LogP contribution in [0.15, 0.2) is 24.3 Å². The van der Waals surface area contributed by atoms with Crippen molar-refractivity contribution >= 4 is 5.91 Å². The number of nitrogens with zero attached hydrogens (tertiary/aromatic N) is 2. The highest BCUT2D eigenvalue weighted by Crippen LogP contribution is 2.11. The van der Waals surface area contributed by atoms with E-state index in [0.29, 0.717) is 19.6 Å². The van der Waals surface area contributed by atoms with Gasteiger partial charge < -0.3 is 10.0 Å². The van der Waals surface area contributed by atoms with Gasteiger partial charge in [0.1, 0.15) is 0 Å². The third-order valence-electron chi connectivity index (χ3n) is 3.70. The molecule has 1 atom stereocenters. The number of β-amino-alcohol motifs (C(OH)–C–C–N with tert-alkyl or cyclic N) is 1. The van der Waals surface area contributed by atoms with Crippen LogP contribution in [0.3, 0.4) is 0 Å². The number of likely N-dealkylation sites (N-methyl/N-ethyl adjacent to an activating group) is 1. The maximum absolute atomic E-state index is 12.1. The molecule has 0 spiro atoms. The van der Waals surface area contributed by atoms with Crippen molar-refractivity contribution in [2.75, 3.05) is 26.7 Å². The molecule has 2 rings (SSSR count). The van der Waals surface area contributed by atoms with Gasteiger partial charge in [0.2, 0.25) is 5.91 Å². The number of amides is 1. The average Bonchev–Trinajstić information content (AvgIpc) is 2.77. The van der Waals surface area contributed by atoms with Crippen LogP contribution < -0.4 is 0 Å². The monoisotopic (exact) mass is 262 g/mol. The molecule has 1 unspecified atom stereocenters. The fourth-order valence-corrected chi connectivity index (χ4v) is 2.40. The molecule has 1 aliphatic rings. The van der Waals surface area contributed by atoms with Crippen molar-refractivity contribution in [1.82, 2.24) is 9.80 Å². The van der Waals surface area contributed by atoms with Crippen LogP contribution in [0.5, 0.6) is 0 Å². The SMILES string of the molecule is Cc1ccccc1CN(C)C(=O)CN1CCC(O)C1. The first-order valence-corrected chi connectivity index (χ1v) is 6.75. The number of benzene rings is 1. The Morgan fingerprint density at radius 2 is 2.21 bits per heavy atom. The summed E-state index contributed by atoms with van der Waals surface area (Å²) in [4.78, 5) is 15.9. The molecule has 1 fully saturated rings. The van der Waals surface area contributed by atoms with E-state index in [1.54, 1.807) is 4.90 Å². The quantitative estimate of drug-likeness (QED) is 0.881. The Balaban J connectivity index is 1.87. The molecule has 1 aromatic rings. The molecule has 0 radical (unpaired) electrons. The predicted molar refractivity (Wildman–Crippen MR) is 74.7 cm³/mol. The van der Waals surface area contributed by atoms with Crippen LogP contribution >= 0.6 is 0 Å². The Morgan fingerprint density at radius 1 is 1.47 bits per heavy atom. The van der Waals surface area contributed by atoms with Gasteiger partial charge in [-0.25, -0.2) is 0 Å². The molecule has 1 amide bonds. The largest absolute Gasteiger partial charge is 0.392 e. The van der Waals surface area contributed by atoms with Gasteiger partial charge in [-0.15, -0.1) is 0 Å². The molecule has 1 heterocycles. The summed E-state index contributed by atoms with van der Waals surface area (Å²) in [5.41, 5.74) is 2.39. The molecular weight excluding hydrogens is 240 g/mol. The van der Waals surface area contributed by atoms with Gasteiger partial charge in [0.25, 0.3) is 0 Å². The van der Waals surface area contributed by atoms with Gasteiger partial charge in [0.15, 0.2) is 0 Å². The van der Waals surface area contributed by atoms with Crippen molar-refractivity contribution in [1.29, 1.82) is 0 Å². The minimum absolute atomic E-state index is 0.109. The van der Waals surface area contributed by atoms with Crippen LogP contribution in [0, 0.1) is 6.92 Å². The Kier molecular flexibility index (Phi) is 4.56. The maximum Gasteiger partial charge on any atom is 0.236 e. The summed E-state index contributed by atoms with van der Waals surface area (Å²) in [6, 6.07) is 8.12. The first-order valence-electron chi connectivity index (χ1n) is 6.75. The Bertz CT molecular complexity index is 448. The van der Waals surface area contributed by atoms with Crippen molar-refractivity contribution in [2.24, 2.45) is 0 Å². The van der Waals surface area contributed by atoms with Crippen LogP contribution in [0.2, 0.25) is 0 Å². The van der Waals surface area contributed by atoms with Crippen LogP contribution in [-0.2, 0) is 11.3 Å². The van der Waals surface area contributed by atoms with E-state index < -0.39 is 0 Å². The third-order valence-corrected chi connectivity index (χ3v) is 3.70. The second-order valence-electron chi connectivity index (χ2n) is 5.35. The van der Waals surface area contributed by atoms with Gasteiger partial charge in [-0.1, -0.05) is 24.3 Å². The lowest BCUT2D eigenvalue weighted by Crippen LogP contribution is -2.37. The van der Waals surface area contributed by atoms with Crippen molar-refractivity contribution in [3.05, 3.63) is 35.4 Å². The van der Waals surface area contributed by atoms with E-state index in [-0.39, 0.29) is 12.0 Å². The molecule has 0 saturated carbocycles. The fourth-order valence-electron chi connectivity index (χ4n) is 2.40. The zero-order chi connectivity index (χ0) is 13.8. The van der Waals surface area contributed by atoms with Gasteiger partial charge >= 0.3 is 0 Å². The Morgan fingerprint density at radius 3 is 2.84 bits per heavy atom. The number of likely N-dealkylation sites (tertiary alicyclic amines) is 1. The van der Waals surface area contributed by atoms with Crippen molar-refractivity contribution < 1.29 is 9.90 Å². The maximum atomic E-state index is 12.1. The highest BCUT2D eigenvalue weighted by molar-refractivity contribution is 5.78. The van der Waals surface area contributed by atoms with Gasteiger partial charge in [0.05, 0.1) is 12.6 Å². The number of aliphatic hydroxyl groups is 1. The smallest absolute Gasteiger partial charge is 0.236 e. The molecule has 4 nitrogen and oxygen atoms in total. The highest BCUT2D eigenvalue weighted by Gasteiger charge is 2.23. The fraction of sp³-hybridized carbons (Fsp3) is 0.533. The van der Waals surface area contributed by atoms with E-state index in [9.17, 15) is 9.90 Å². The minimum atomic E-state index is -0.269. The molecule has 19 heavy (non-hydrogen) atoms. The van der Waals surface area contributed by atoms with Crippen LogP contribution in [0.4, 0.5) is 0 Å². The van der Waals surface area contributed by atoms with Crippen molar-refractivity contribution in [2.45, 2.75) is 26.0 Å². The van der Waals surface area contributed by atoms with E-state index in [1.807, 2.05) is 24.1 Å². The van der Waals surface area contributed by atoms with Gasteiger partial charge in [-0.2, -0.15) is 0 Å². The molecule has 0 bridgehead atoms. The molecule has 0 aromatic heterocycles. The van der Waals surface area contributed by atoms with Gasteiger partial charge in [-0.05, 0) is 24.5 Å². The number of rotatable bonds is 4. The molecule has 1 N–H and O–H groups in total. The first kappa shape index (κ1) is 14.0. The summed E-state index contributed by atoms with van der Waals surface area (Å²) in [5.74, 6) is 0.109. The summed E-state index contributed by atoms with van der Waals surface area (Å²) in [7, 11) is 1.83. The van der Waals surface area contributed by atoms with E-state index in [1.165, 1.54) is 11.1 Å². The van der Waals surface area contributed by atoms with Crippen LogP contribution in [0.25, 0.3) is 0 Å². The highest BCUT2D eigenvalue weighted by atomic mass is 16.3. The topological polar surface area (TPSA) is 43.8 Å². The number of aliphatic hydroxyl groups excluding tert-OH is 1.